The van der Waals surface area contributed by atoms with Crippen LogP contribution in [0.3, 0.4) is 0 Å². The van der Waals surface area contributed by atoms with Crippen molar-refractivity contribution in [2.45, 2.75) is 46.0 Å². The molecule has 1 aliphatic carbocycles. The van der Waals surface area contributed by atoms with Crippen LogP contribution in [0.5, 0.6) is 0 Å². The van der Waals surface area contributed by atoms with Gasteiger partial charge in [-0.05, 0) is 38.0 Å². The Morgan fingerprint density at radius 2 is 2.30 bits per heavy atom. The first kappa shape index (κ1) is 7.84. The van der Waals surface area contributed by atoms with Crippen molar-refractivity contribution in [1.29, 1.82) is 0 Å². The summed E-state index contributed by atoms with van der Waals surface area (Å²) >= 11 is 0. The molecule has 0 aromatic carbocycles. The van der Waals surface area contributed by atoms with Gasteiger partial charge in [0.05, 0.1) is 0 Å². The van der Waals surface area contributed by atoms with Crippen LogP contribution in [-0.2, 0) is 0 Å². The third-order valence-electron chi connectivity index (χ3n) is 2.37. The van der Waals surface area contributed by atoms with E-state index in [1.807, 2.05) is 0 Å². The van der Waals surface area contributed by atoms with Gasteiger partial charge in [-0.3, -0.25) is 0 Å². The fourth-order valence-corrected chi connectivity index (χ4v) is 1.45. The van der Waals surface area contributed by atoms with E-state index < -0.39 is 0 Å². The Balaban J connectivity index is 2.44. The minimum atomic E-state index is 1.23. The lowest BCUT2D eigenvalue weighted by molar-refractivity contribution is 0.682. The maximum Gasteiger partial charge on any atom is -0.00282 e. The zero-order valence-corrected chi connectivity index (χ0v) is 7.11. The van der Waals surface area contributed by atoms with Crippen LogP contribution >= 0.6 is 0 Å². The van der Waals surface area contributed by atoms with Crippen molar-refractivity contribution in [3.8, 4) is 0 Å². The van der Waals surface area contributed by atoms with Gasteiger partial charge in [0.15, 0.2) is 0 Å². The van der Waals surface area contributed by atoms with Crippen molar-refractivity contribution in [3.63, 3.8) is 0 Å². The quantitative estimate of drug-likeness (QED) is 0.546. The van der Waals surface area contributed by atoms with E-state index >= 15 is 0 Å². The van der Waals surface area contributed by atoms with Crippen molar-refractivity contribution in [3.05, 3.63) is 17.6 Å². The number of hydrogen-bond acceptors (Lipinski definition) is 0. The number of allylic oxidation sites excluding steroid dienone is 2. The van der Waals surface area contributed by atoms with Crippen LogP contribution in [0.15, 0.2) is 11.6 Å². The van der Waals surface area contributed by atoms with Gasteiger partial charge in [-0.2, -0.15) is 0 Å². The molecule has 0 aliphatic heterocycles. The Morgan fingerprint density at radius 3 is 2.80 bits per heavy atom. The Hall–Kier alpha value is -0.260. The lowest BCUT2D eigenvalue weighted by Gasteiger charge is -2.17. The first-order chi connectivity index (χ1) is 4.84. The first-order valence-electron chi connectivity index (χ1n) is 4.36. The highest BCUT2D eigenvalue weighted by Crippen LogP contribution is 2.26. The van der Waals surface area contributed by atoms with Gasteiger partial charge in [0.1, 0.15) is 0 Å². The average molecular weight is 137 g/mol. The molecule has 0 heterocycles. The molecule has 0 fully saturated rings. The highest BCUT2D eigenvalue weighted by atomic mass is 14.1. The van der Waals surface area contributed by atoms with E-state index in [1.165, 1.54) is 32.1 Å². The fraction of sp³-hybridized carbons (Fsp3) is 0.700. The molecule has 1 aliphatic rings. The van der Waals surface area contributed by atoms with Gasteiger partial charge in [-0.15, -0.1) is 0 Å². The summed E-state index contributed by atoms with van der Waals surface area (Å²) in [6, 6.07) is 0. The molecule has 0 unspecified atom stereocenters. The molecule has 0 saturated carbocycles. The second-order valence-corrected chi connectivity index (χ2v) is 3.11. The van der Waals surface area contributed by atoms with Gasteiger partial charge in [-0.25, -0.2) is 0 Å². The zero-order chi connectivity index (χ0) is 7.40. The highest BCUT2D eigenvalue weighted by Gasteiger charge is 2.09. The van der Waals surface area contributed by atoms with Crippen LogP contribution in [0.2, 0.25) is 0 Å². The van der Waals surface area contributed by atoms with Crippen molar-refractivity contribution >= 4 is 0 Å². The lowest BCUT2D eigenvalue weighted by atomic mass is 9.89. The van der Waals surface area contributed by atoms with Crippen molar-refractivity contribution < 1.29 is 0 Å². The maximum atomic E-state index is 2.42. The molecule has 0 saturated heterocycles. The summed E-state index contributed by atoms with van der Waals surface area (Å²) in [5.74, 6) is 1.60. The predicted molar refractivity (Wildman–Crippen MR) is 45.8 cm³/mol. The molecule has 0 aromatic heterocycles. The van der Waals surface area contributed by atoms with Crippen LogP contribution in [0.1, 0.15) is 46.0 Å². The topological polar surface area (TPSA) is 0 Å². The minimum absolute atomic E-state index is 1.23. The summed E-state index contributed by atoms with van der Waals surface area (Å²) in [6.07, 6.45) is 9.10. The first-order valence-corrected chi connectivity index (χ1v) is 4.36. The predicted octanol–water partition coefficient (Wildman–Crippen LogP) is 3.49. The van der Waals surface area contributed by atoms with E-state index in [4.69, 9.17) is 0 Å². The van der Waals surface area contributed by atoms with Crippen LogP contribution in [0.4, 0.5) is 0 Å². The molecule has 0 nitrogen and oxygen atoms in total. The Bertz CT molecular complexity index is 122. The molecule has 0 bridgehead atoms. The molecule has 0 atom stereocenters. The summed E-state index contributed by atoms with van der Waals surface area (Å²) < 4.78 is 0. The minimum Gasteiger partial charge on any atom is -0.0847 e. The molecule has 0 heteroatoms. The van der Waals surface area contributed by atoms with Crippen molar-refractivity contribution in [2.75, 3.05) is 0 Å². The number of hydrogen-bond donors (Lipinski definition) is 0. The molecule has 1 rings (SSSR count). The molecule has 0 aromatic rings. The summed E-state index contributed by atoms with van der Waals surface area (Å²) in [5, 5.41) is 0. The average Bonchev–Trinajstić information content (AvgIpc) is 2.05. The van der Waals surface area contributed by atoms with Gasteiger partial charge >= 0.3 is 0 Å². The fourth-order valence-electron chi connectivity index (χ4n) is 1.45. The van der Waals surface area contributed by atoms with Crippen molar-refractivity contribution in [2.24, 2.45) is 0 Å². The molecule has 10 heavy (non-hydrogen) atoms. The molecule has 1 radical (unpaired) electrons. The summed E-state index contributed by atoms with van der Waals surface area (Å²) in [6.45, 7) is 4.50. The Kier molecular flexibility index (Phi) is 2.98. The SMILES string of the molecule is CC[C](C)C1=CCCCC1. The van der Waals surface area contributed by atoms with E-state index in [0.717, 1.165) is 0 Å². The van der Waals surface area contributed by atoms with Gasteiger partial charge in [0.2, 0.25) is 0 Å². The summed E-state index contributed by atoms with van der Waals surface area (Å²) in [4.78, 5) is 0. The molecule has 0 N–H and O–H groups in total. The lowest BCUT2D eigenvalue weighted by Crippen LogP contribution is -1.99. The molecule has 0 amide bonds. The summed E-state index contributed by atoms with van der Waals surface area (Å²) in [7, 11) is 0. The van der Waals surface area contributed by atoms with Crippen molar-refractivity contribution in [1.82, 2.24) is 0 Å². The van der Waals surface area contributed by atoms with E-state index in [2.05, 4.69) is 19.9 Å². The second-order valence-electron chi connectivity index (χ2n) is 3.11. The zero-order valence-electron chi connectivity index (χ0n) is 7.11. The second kappa shape index (κ2) is 3.80. The molecule has 57 valence electrons. The van der Waals surface area contributed by atoms with Crippen LogP contribution in [0.25, 0.3) is 0 Å². The smallest absolute Gasteiger partial charge is 0.00282 e. The van der Waals surface area contributed by atoms with E-state index in [1.54, 1.807) is 11.5 Å². The largest absolute Gasteiger partial charge is 0.0847 e. The van der Waals surface area contributed by atoms with E-state index in [-0.39, 0.29) is 0 Å². The maximum absolute atomic E-state index is 2.42. The molecular formula is C10H17. The van der Waals surface area contributed by atoms with Gasteiger partial charge in [0.25, 0.3) is 0 Å². The Labute approximate surface area is 64.3 Å². The van der Waals surface area contributed by atoms with E-state index in [9.17, 15) is 0 Å². The Morgan fingerprint density at radius 1 is 1.50 bits per heavy atom. The van der Waals surface area contributed by atoms with Gasteiger partial charge in [0, 0.05) is 0 Å². The van der Waals surface area contributed by atoms with Crippen LogP contribution in [-0.4, -0.2) is 0 Å². The number of rotatable bonds is 2. The summed E-state index contributed by atoms with van der Waals surface area (Å²) in [5.41, 5.74) is 1.63. The van der Waals surface area contributed by atoms with Gasteiger partial charge in [-0.1, -0.05) is 25.5 Å². The van der Waals surface area contributed by atoms with Crippen LogP contribution in [0, 0.1) is 5.92 Å². The molecular weight excluding hydrogens is 120 g/mol. The van der Waals surface area contributed by atoms with Gasteiger partial charge < -0.3 is 0 Å². The standard InChI is InChI=1S/C10H17/c1-3-9(2)10-7-5-4-6-8-10/h7H,3-6,8H2,1-2H3. The third kappa shape index (κ3) is 1.86. The van der Waals surface area contributed by atoms with Crippen LogP contribution < -0.4 is 0 Å². The highest BCUT2D eigenvalue weighted by molar-refractivity contribution is 5.23. The normalized spacial score (nSPS) is 19.3. The molecule has 0 spiro atoms. The third-order valence-corrected chi connectivity index (χ3v) is 2.37. The van der Waals surface area contributed by atoms with E-state index in [0.29, 0.717) is 0 Å². The monoisotopic (exact) mass is 137 g/mol.